The van der Waals surface area contributed by atoms with Crippen LogP contribution in [0.3, 0.4) is 0 Å². The normalized spacial score (nSPS) is 12.8. The van der Waals surface area contributed by atoms with Gasteiger partial charge in [0.15, 0.2) is 5.71 Å². The summed E-state index contributed by atoms with van der Waals surface area (Å²) in [4.78, 5) is 20.5. The van der Waals surface area contributed by atoms with Crippen LogP contribution in [0.4, 0.5) is 8.78 Å². The molecule has 0 radical (unpaired) electrons. The summed E-state index contributed by atoms with van der Waals surface area (Å²) in [7, 11) is 2.72. The molecule has 0 aliphatic heterocycles. The van der Waals surface area contributed by atoms with E-state index < -0.39 is 24.1 Å². The van der Waals surface area contributed by atoms with Crippen LogP contribution in [-0.4, -0.2) is 35.9 Å². The van der Waals surface area contributed by atoms with Gasteiger partial charge in [0.1, 0.15) is 18.9 Å². The molecule has 25 heavy (non-hydrogen) atoms. The molecule has 0 aliphatic rings. The van der Waals surface area contributed by atoms with E-state index in [9.17, 15) is 18.7 Å². The van der Waals surface area contributed by atoms with Crippen molar-refractivity contribution in [2.24, 2.45) is 5.16 Å². The molecule has 2 aromatic rings. The molecule has 1 amide bonds. The molecule has 1 aromatic carbocycles. The lowest BCUT2D eigenvalue weighted by atomic mass is 9.96. The Hall–Kier alpha value is -2.87. The molecule has 0 saturated carbocycles. The zero-order valence-corrected chi connectivity index (χ0v) is 13.6. The summed E-state index contributed by atoms with van der Waals surface area (Å²) < 4.78 is 25.7. The molecule has 2 rings (SSSR count). The lowest BCUT2D eigenvalue weighted by molar-refractivity contribution is -0.114. The van der Waals surface area contributed by atoms with Crippen LogP contribution in [0, 0.1) is 0 Å². The zero-order chi connectivity index (χ0) is 18.4. The van der Waals surface area contributed by atoms with Gasteiger partial charge in [0.2, 0.25) is 0 Å². The van der Waals surface area contributed by atoms with E-state index in [0.717, 1.165) is 0 Å². The van der Waals surface area contributed by atoms with Crippen LogP contribution in [0.15, 0.2) is 47.6 Å². The average molecular weight is 349 g/mol. The number of oxime groups is 1. The van der Waals surface area contributed by atoms with Gasteiger partial charge < -0.3 is 15.3 Å². The van der Waals surface area contributed by atoms with Gasteiger partial charge in [0, 0.05) is 12.6 Å². The Morgan fingerprint density at radius 3 is 2.52 bits per heavy atom. The number of halogens is 2. The molecular formula is C17H17F2N3O3. The second kappa shape index (κ2) is 8.29. The molecule has 0 saturated heterocycles. The Labute approximate surface area is 143 Å². The van der Waals surface area contributed by atoms with Crippen molar-refractivity contribution < 1.29 is 23.5 Å². The molecule has 6 nitrogen and oxygen atoms in total. The number of nitrogens with one attached hydrogen (secondary N) is 1. The monoisotopic (exact) mass is 349 g/mol. The van der Waals surface area contributed by atoms with Gasteiger partial charge >= 0.3 is 0 Å². The first kappa shape index (κ1) is 18.5. The van der Waals surface area contributed by atoms with Crippen molar-refractivity contribution in [1.82, 2.24) is 10.3 Å². The van der Waals surface area contributed by atoms with Crippen LogP contribution < -0.4 is 5.32 Å². The predicted octanol–water partition coefficient (Wildman–Crippen LogP) is 2.20. The maximum Gasteiger partial charge on any atom is 0.280 e. The highest BCUT2D eigenvalue weighted by Gasteiger charge is 2.23. The summed E-state index contributed by atoms with van der Waals surface area (Å²) in [6.45, 7) is 0. The fourth-order valence-electron chi connectivity index (χ4n) is 2.28. The maximum atomic E-state index is 12.8. The highest BCUT2D eigenvalue weighted by Crippen LogP contribution is 2.26. The first-order valence-corrected chi connectivity index (χ1v) is 7.35. The molecule has 1 aromatic heterocycles. The van der Waals surface area contributed by atoms with Crippen LogP contribution in [0.5, 0.6) is 0 Å². The van der Waals surface area contributed by atoms with Crippen molar-refractivity contribution in [2.45, 2.75) is 12.5 Å². The number of amides is 1. The number of nitrogens with zero attached hydrogens (tertiary/aromatic N) is 2. The number of aromatic nitrogens is 1. The number of rotatable bonds is 6. The average Bonchev–Trinajstić information content (AvgIpc) is 2.65. The largest absolute Gasteiger partial charge is 0.398 e. The fourth-order valence-corrected chi connectivity index (χ4v) is 2.28. The minimum Gasteiger partial charge on any atom is -0.398 e. The zero-order valence-electron chi connectivity index (χ0n) is 13.6. The summed E-state index contributed by atoms with van der Waals surface area (Å²) >= 11 is 0. The number of likely N-dealkylation sites (N-methyl/N-ethyl adjacent to an activating group) is 1. The topological polar surface area (TPSA) is 83.8 Å². The van der Waals surface area contributed by atoms with E-state index in [1.54, 1.807) is 24.3 Å². The fraction of sp³-hybridized carbons (Fsp3) is 0.235. The highest BCUT2D eigenvalue weighted by atomic mass is 19.3. The second-order valence-corrected chi connectivity index (χ2v) is 4.98. The lowest BCUT2D eigenvalue weighted by Crippen LogP contribution is -2.29. The SMILES string of the molecule is CNC(=O)C(=NOC)c1ccccc1C(O)c1cccc(C(F)F)n1. The van der Waals surface area contributed by atoms with Gasteiger partial charge in [0.25, 0.3) is 12.3 Å². The van der Waals surface area contributed by atoms with Crippen LogP contribution in [0.25, 0.3) is 0 Å². The number of carbonyl (C=O) groups excluding carboxylic acids is 1. The lowest BCUT2D eigenvalue weighted by Gasteiger charge is -2.16. The van der Waals surface area contributed by atoms with Crippen LogP contribution in [0.2, 0.25) is 0 Å². The molecular weight excluding hydrogens is 332 g/mol. The van der Waals surface area contributed by atoms with Crippen molar-refractivity contribution in [3.8, 4) is 0 Å². The minimum atomic E-state index is -2.75. The van der Waals surface area contributed by atoms with E-state index in [1.807, 2.05) is 0 Å². The van der Waals surface area contributed by atoms with E-state index in [4.69, 9.17) is 4.84 Å². The Bertz CT molecular complexity index is 781. The Morgan fingerprint density at radius 1 is 1.20 bits per heavy atom. The summed E-state index contributed by atoms with van der Waals surface area (Å²) in [5.74, 6) is -0.518. The quantitative estimate of drug-likeness (QED) is 0.619. The smallest absolute Gasteiger partial charge is 0.280 e. The van der Waals surface area contributed by atoms with Gasteiger partial charge in [-0.25, -0.2) is 13.8 Å². The number of hydrogen-bond acceptors (Lipinski definition) is 5. The molecule has 0 fully saturated rings. The van der Waals surface area contributed by atoms with E-state index in [1.165, 1.54) is 32.4 Å². The number of aliphatic hydroxyl groups is 1. The Kier molecular flexibility index (Phi) is 6.13. The van der Waals surface area contributed by atoms with Gasteiger partial charge in [-0.3, -0.25) is 4.79 Å². The van der Waals surface area contributed by atoms with E-state index in [0.29, 0.717) is 11.1 Å². The van der Waals surface area contributed by atoms with Crippen molar-refractivity contribution in [3.05, 3.63) is 65.0 Å². The highest BCUT2D eigenvalue weighted by molar-refractivity contribution is 6.45. The van der Waals surface area contributed by atoms with Gasteiger partial charge in [0.05, 0.1) is 5.69 Å². The molecule has 1 unspecified atom stereocenters. The first-order valence-electron chi connectivity index (χ1n) is 7.35. The molecule has 0 aliphatic carbocycles. The standard InChI is InChI=1S/C17H17F2N3O3/c1-20-17(24)14(22-25-2)10-6-3-4-7-11(10)15(23)12-8-5-9-13(21-12)16(18)19/h3-9,15-16,23H,1-2H3,(H,20,24). The van der Waals surface area contributed by atoms with Gasteiger partial charge in [-0.1, -0.05) is 35.5 Å². The number of pyridine rings is 1. The number of carbonyl (C=O) groups is 1. The van der Waals surface area contributed by atoms with Gasteiger partial charge in [-0.2, -0.15) is 0 Å². The molecule has 0 bridgehead atoms. The van der Waals surface area contributed by atoms with Crippen molar-refractivity contribution >= 4 is 11.6 Å². The van der Waals surface area contributed by atoms with Gasteiger partial charge in [-0.15, -0.1) is 0 Å². The molecule has 132 valence electrons. The third-order valence-corrected chi connectivity index (χ3v) is 3.43. The number of hydrogen-bond donors (Lipinski definition) is 2. The molecule has 0 spiro atoms. The van der Waals surface area contributed by atoms with E-state index >= 15 is 0 Å². The molecule has 2 N–H and O–H groups in total. The second-order valence-electron chi connectivity index (χ2n) is 4.98. The number of alkyl halides is 2. The third-order valence-electron chi connectivity index (χ3n) is 3.43. The van der Waals surface area contributed by atoms with Crippen molar-refractivity contribution in [2.75, 3.05) is 14.2 Å². The van der Waals surface area contributed by atoms with Gasteiger partial charge in [-0.05, 0) is 17.7 Å². The number of aliphatic hydroxyl groups excluding tert-OH is 1. The predicted molar refractivity (Wildman–Crippen MR) is 87.3 cm³/mol. The van der Waals surface area contributed by atoms with Crippen LogP contribution >= 0.6 is 0 Å². The third kappa shape index (κ3) is 4.16. The van der Waals surface area contributed by atoms with Crippen LogP contribution in [0.1, 0.15) is 35.0 Å². The number of benzene rings is 1. The summed E-state index contributed by atoms with van der Waals surface area (Å²) in [6.07, 6.45) is -4.07. The Balaban J connectivity index is 2.51. The minimum absolute atomic E-state index is 0.0407. The molecule has 1 atom stereocenters. The van der Waals surface area contributed by atoms with Crippen molar-refractivity contribution in [1.29, 1.82) is 0 Å². The molecule has 1 heterocycles. The Morgan fingerprint density at radius 2 is 1.88 bits per heavy atom. The van der Waals surface area contributed by atoms with E-state index in [2.05, 4.69) is 15.5 Å². The summed E-state index contributed by atoms with van der Waals surface area (Å²) in [5, 5.41) is 16.7. The van der Waals surface area contributed by atoms with E-state index in [-0.39, 0.29) is 11.4 Å². The maximum absolute atomic E-state index is 12.8. The first-order chi connectivity index (χ1) is 12.0. The summed E-state index contributed by atoms with van der Waals surface area (Å²) in [6, 6.07) is 10.4. The molecule has 8 heteroatoms. The summed E-state index contributed by atoms with van der Waals surface area (Å²) in [5.41, 5.74) is 0.149. The van der Waals surface area contributed by atoms with Crippen LogP contribution in [-0.2, 0) is 9.63 Å². The van der Waals surface area contributed by atoms with Crippen molar-refractivity contribution in [3.63, 3.8) is 0 Å².